The van der Waals surface area contributed by atoms with Crippen molar-refractivity contribution >= 4 is 32.8 Å². The van der Waals surface area contributed by atoms with Crippen LogP contribution < -0.4 is 11.5 Å². The molecule has 0 radical (unpaired) electrons. The lowest BCUT2D eigenvalue weighted by Gasteiger charge is -2.05. The van der Waals surface area contributed by atoms with Crippen molar-refractivity contribution in [1.29, 1.82) is 0 Å². The van der Waals surface area contributed by atoms with Crippen LogP contribution in [0.1, 0.15) is 13.8 Å². The van der Waals surface area contributed by atoms with Gasteiger partial charge in [0.05, 0.1) is 9.79 Å². The lowest BCUT2D eigenvalue weighted by Crippen LogP contribution is -2.02. The van der Waals surface area contributed by atoms with E-state index in [0.717, 1.165) is 0 Å². The number of nitrogens with two attached hydrogens (primary N) is 2. The van der Waals surface area contributed by atoms with Crippen LogP contribution in [0.3, 0.4) is 0 Å². The van der Waals surface area contributed by atoms with Crippen LogP contribution in [0.25, 0.3) is 0 Å². The number of ketones is 2. The first-order valence-corrected chi connectivity index (χ1v) is 8.10. The van der Waals surface area contributed by atoms with E-state index in [9.17, 15) is 18.0 Å². The Balaban J connectivity index is 0.000000379. The van der Waals surface area contributed by atoms with E-state index >= 15 is 0 Å². The molecule has 0 aliphatic rings. The van der Waals surface area contributed by atoms with Gasteiger partial charge in [-0.05, 0) is 48.5 Å². The first kappa shape index (κ1) is 18.4. The van der Waals surface area contributed by atoms with Crippen LogP contribution in [0.2, 0.25) is 0 Å². The Kier molecular flexibility index (Phi) is 6.03. The molecule has 23 heavy (non-hydrogen) atoms. The zero-order valence-corrected chi connectivity index (χ0v) is 13.6. The summed E-state index contributed by atoms with van der Waals surface area (Å²) in [5.41, 5.74) is 12.1. The molecule has 4 N–H and O–H groups in total. The van der Waals surface area contributed by atoms with E-state index in [2.05, 4.69) is 0 Å². The van der Waals surface area contributed by atoms with E-state index in [0.29, 0.717) is 11.4 Å². The zero-order chi connectivity index (χ0) is 17.6. The van der Waals surface area contributed by atoms with E-state index in [1.54, 1.807) is 24.3 Å². The van der Waals surface area contributed by atoms with Gasteiger partial charge in [-0.3, -0.25) is 9.59 Å². The highest BCUT2D eigenvalue weighted by atomic mass is 32.2. The van der Waals surface area contributed by atoms with E-state index in [4.69, 9.17) is 11.5 Å². The molecule has 0 atom stereocenters. The van der Waals surface area contributed by atoms with Crippen molar-refractivity contribution in [3.05, 3.63) is 48.5 Å². The van der Waals surface area contributed by atoms with Crippen molar-refractivity contribution in [3.8, 4) is 0 Å². The molecule has 0 spiro atoms. The summed E-state index contributed by atoms with van der Waals surface area (Å²) in [5, 5.41) is 0. The first-order valence-electron chi connectivity index (χ1n) is 6.62. The number of carbonyl (C=O) groups excluding carboxylic acids is 2. The van der Waals surface area contributed by atoms with Crippen LogP contribution in [0.5, 0.6) is 0 Å². The smallest absolute Gasteiger partial charge is 0.206 e. The molecule has 6 nitrogen and oxygen atoms in total. The highest BCUT2D eigenvalue weighted by molar-refractivity contribution is 7.91. The number of anilines is 2. The third-order valence-electron chi connectivity index (χ3n) is 2.88. The van der Waals surface area contributed by atoms with Crippen molar-refractivity contribution in [1.82, 2.24) is 0 Å². The quantitative estimate of drug-likeness (QED) is 0.653. The molecular weight excluding hydrogens is 316 g/mol. The van der Waals surface area contributed by atoms with Crippen molar-refractivity contribution in [2.45, 2.75) is 23.6 Å². The van der Waals surface area contributed by atoms with Gasteiger partial charge >= 0.3 is 0 Å². The molecule has 0 heterocycles. The molecule has 0 fully saturated rings. The van der Waals surface area contributed by atoms with Gasteiger partial charge in [-0.25, -0.2) is 8.42 Å². The third kappa shape index (κ3) is 5.23. The van der Waals surface area contributed by atoms with Gasteiger partial charge in [-0.1, -0.05) is 0 Å². The van der Waals surface area contributed by atoms with Crippen molar-refractivity contribution in [2.75, 3.05) is 11.5 Å². The van der Waals surface area contributed by atoms with Gasteiger partial charge in [0.25, 0.3) is 0 Å². The molecule has 0 unspecified atom stereocenters. The van der Waals surface area contributed by atoms with Crippen molar-refractivity contribution in [2.24, 2.45) is 0 Å². The number of Topliss-reactive ketones (excluding diaryl/α,β-unsaturated/α-hetero) is 2. The molecule has 2 aromatic carbocycles. The van der Waals surface area contributed by atoms with Crippen LogP contribution in [0.4, 0.5) is 11.4 Å². The monoisotopic (exact) mass is 334 g/mol. The van der Waals surface area contributed by atoms with Crippen LogP contribution >= 0.6 is 0 Å². The topological polar surface area (TPSA) is 120 Å². The Bertz CT molecular complexity index is 731. The lowest BCUT2D eigenvalue weighted by molar-refractivity contribution is -0.134. The molecule has 0 saturated heterocycles. The van der Waals surface area contributed by atoms with Gasteiger partial charge < -0.3 is 11.5 Å². The van der Waals surface area contributed by atoms with E-state index in [1.807, 2.05) is 0 Å². The molecule has 2 aromatic rings. The Labute approximate surface area is 135 Å². The predicted molar refractivity (Wildman–Crippen MR) is 88.5 cm³/mol. The molecule has 0 saturated carbocycles. The highest BCUT2D eigenvalue weighted by Crippen LogP contribution is 2.22. The normalized spacial score (nSPS) is 10.3. The third-order valence-corrected chi connectivity index (χ3v) is 4.66. The maximum absolute atomic E-state index is 12.2. The summed E-state index contributed by atoms with van der Waals surface area (Å²) < 4.78 is 24.3. The molecule has 0 bridgehead atoms. The Hall–Kier alpha value is -2.67. The zero-order valence-electron chi connectivity index (χ0n) is 12.8. The van der Waals surface area contributed by atoms with E-state index in [1.165, 1.54) is 38.1 Å². The minimum absolute atomic E-state index is 0.219. The van der Waals surface area contributed by atoms with Gasteiger partial charge in [0.15, 0.2) is 11.6 Å². The average molecular weight is 334 g/mol. The molecule has 0 aliphatic carbocycles. The standard InChI is InChI=1S/C12H12N2O2S.C4H6O2/c13-9-1-5-11(6-2-9)17(15,16)12-7-3-10(14)4-8-12;1-3(5)4(2)6/h1-8H,13-14H2;1-2H3. The van der Waals surface area contributed by atoms with E-state index in [-0.39, 0.29) is 21.4 Å². The molecule has 0 aromatic heterocycles. The number of nitrogen functional groups attached to an aromatic ring is 2. The summed E-state index contributed by atoms with van der Waals surface area (Å²) in [7, 11) is -3.48. The lowest BCUT2D eigenvalue weighted by atomic mass is 10.3. The van der Waals surface area contributed by atoms with Crippen LogP contribution in [-0.4, -0.2) is 20.0 Å². The van der Waals surface area contributed by atoms with Crippen molar-refractivity contribution < 1.29 is 18.0 Å². The van der Waals surface area contributed by atoms with Crippen molar-refractivity contribution in [3.63, 3.8) is 0 Å². The molecule has 0 aliphatic heterocycles. The summed E-state index contributed by atoms with van der Waals surface area (Å²) in [4.78, 5) is 20.0. The number of hydrogen-bond donors (Lipinski definition) is 2. The number of hydrogen-bond acceptors (Lipinski definition) is 6. The summed E-state index contributed by atoms with van der Waals surface area (Å²) in [6, 6.07) is 12.2. The highest BCUT2D eigenvalue weighted by Gasteiger charge is 2.16. The van der Waals surface area contributed by atoms with Gasteiger partial charge in [-0.15, -0.1) is 0 Å². The predicted octanol–water partition coefficient (Wildman–Crippen LogP) is 1.85. The molecule has 7 heteroatoms. The second-order valence-electron chi connectivity index (χ2n) is 4.75. The SMILES string of the molecule is CC(=O)C(C)=O.Nc1ccc(S(=O)(=O)c2ccc(N)cc2)cc1. The van der Waals surface area contributed by atoms with Gasteiger partial charge in [0, 0.05) is 25.2 Å². The number of rotatable bonds is 3. The first-order chi connectivity index (χ1) is 10.6. The van der Waals surface area contributed by atoms with Crippen LogP contribution in [-0.2, 0) is 19.4 Å². The van der Waals surface area contributed by atoms with Gasteiger partial charge in [0.2, 0.25) is 9.84 Å². The summed E-state index contributed by atoms with van der Waals surface area (Å²) in [6.45, 7) is 2.50. The minimum atomic E-state index is -3.48. The maximum atomic E-state index is 12.2. The number of benzene rings is 2. The molecule has 0 amide bonds. The minimum Gasteiger partial charge on any atom is -0.399 e. The Morgan fingerprint density at radius 1 is 0.696 bits per heavy atom. The number of sulfone groups is 1. The summed E-state index contributed by atoms with van der Waals surface area (Å²) in [6.07, 6.45) is 0. The molecule has 2 rings (SSSR count). The fourth-order valence-corrected chi connectivity index (χ4v) is 2.69. The molecular formula is C16H18N2O4S. The fourth-order valence-electron chi connectivity index (χ4n) is 1.43. The van der Waals surface area contributed by atoms with Gasteiger partial charge in [0.1, 0.15) is 0 Å². The number of carbonyl (C=O) groups is 2. The molecule has 122 valence electrons. The summed E-state index contributed by atoms with van der Waals surface area (Å²) in [5.74, 6) is -0.759. The van der Waals surface area contributed by atoms with Crippen LogP contribution in [0.15, 0.2) is 58.3 Å². The maximum Gasteiger partial charge on any atom is 0.206 e. The summed E-state index contributed by atoms with van der Waals surface area (Å²) >= 11 is 0. The Morgan fingerprint density at radius 2 is 0.957 bits per heavy atom. The fraction of sp³-hybridized carbons (Fsp3) is 0.125. The Morgan fingerprint density at radius 3 is 1.17 bits per heavy atom. The average Bonchev–Trinajstić information content (AvgIpc) is 2.48. The second-order valence-corrected chi connectivity index (χ2v) is 6.70. The second kappa shape index (κ2) is 7.55. The largest absolute Gasteiger partial charge is 0.399 e. The van der Waals surface area contributed by atoms with E-state index < -0.39 is 9.84 Å². The van der Waals surface area contributed by atoms with Crippen LogP contribution in [0, 0.1) is 0 Å². The van der Waals surface area contributed by atoms with Gasteiger partial charge in [-0.2, -0.15) is 0 Å².